The molecule has 1 saturated heterocycles. The van der Waals surface area contributed by atoms with Crippen molar-refractivity contribution in [2.75, 3.05) is 19.6 Å². The number of phenolic OH excluding ortho intramolecular Hbond substituents is 1. The highest BCUT2D eigenvalue weighted by Gasteiger charge is 2.23. The fraction of sp³-hybridized carbons (Fsp3) is 0.474. The molecule has 0 spiro atoms. The van der Waals surface area contributed by atoms with E-state index in [1.54, 1.807) is 13.0 Å². The van der Waals surface area contributed by atoms with Crippen molar-refractivity contribution >= 4 is 28.5 Å². The van der Waals surface area contributed by atoms with E-state index in [-0.39, 0.29) is 28.7 Å². The second-order valence-corrected chi connectivity index (χ2v) is 7.11. The van der Waals surface area contributed by atoms with Crippen molar-refractivity contribution in [1.29, 1.82) is 0 Å². The van der Waals surface area contributed by atoms with E-state index < -0.39 is 5.63 Å². The van der Waals surface area contributed by atoms with Gasteiger partial charge >= 0.3 is 5.63 Å². The molecule has 2 heterocycles. The van der Waals surface area contributed by atoms with E-state index in [1.165, 1.54) is 6.07 Å². The van der Waals surface area contributed by atoms with E-state index in [0.717, 1.165) is 25.9 Å². The number of hydrogen-bond donors (Lipinski definition) is 2. The number of likely N-dealkylation sites (N-methyl/N-ethyl adjacent to an activating group) is 1. The van der Waals surface area contributed by atoms with E-state index in [4.69, 9.17) is 16.0 Å². The highest BCUT2D eigenvalue weighted by Crippen LogP contribution is 2.30. The van der Waals surface area contributed by atoms with Crippen molar-refractivity contribution in [1.82, 2.24) is 10.2 Å². The van der Waals surface area contributed by atoms with Gasteiger partial charge in [-0.1, -0.05) is 18.5 Å². The maximum atomic E-state index is 12.3. The first kappa shape index (κ1) is 18.7. The molecule has 0 aliphatic carbocycles. The number of aryl methyl sites for hydroxylation is 1. The quantitative estimate of drug-likeness (QED) is 0.781. The molecule has 7 heteroatoms. The van der Waals surface area contributed by atoms with Crippen LogP contribution in [0.4, 0.5) is 0 Å². The molecule has 3 rings (SSSR count). The van der Waals surface area contributed by atoms with Crippen LogP contribution in [0.1, 0.15) is 30.9 Å². The minimum atomic E-state index is -0.567. The number of nitrogens with zero attached hydrogens (tertiary/aromatic N) is 1. The van der Waals surface area contributed by atoms with Gasteiger partial charge in [-0.25, -0.2) is 4.79 Å². The summed E-state index contributed by atoms with van der Waals surface area (Å²) in [4.78, 5) is 27.0. The standard InChI is InChI=1S/C19H23ClN2O4/c1-3-22-6-4-5-12(22)10-21-18(24)8-14-11(2)13-7-15(20)16(23)9-17(13)26-19(14)25/h7,9,12,23H,3-6,8,10H2,1-2H3,(H,21,24)/t12-/m1/s1. The summed E-state index contributed by atoms with van der Waals surface area (Å²) in [5, 5.41) is 13.4. The van der Waals surface area contributed by atoms with E-state index >= 15 is 0 Å². The number of carbonyl (C=O) groups is 1. The zero-order valence-corrected chi connectivity index (χ0v) is 15.7. The number of hydrogen-bond acceptors (Lipinski definition) is 5. The van der Waals surface area contributed by atoms with Gasteiger partial charge in [0.05, 0.1) is 17.0 Å². The minimum absolute atomic E-state index is 0.0402. The molecule has 1 aromatic carbocycles. The topological polar surface area (TPSA) is 82.8 Å². The number of benzene rings is 1. The van der Waals surface area contributed by atoms with Gasteiger partial charge in [-0.05, 0) is 44.5 Å². The van der Waals surface area contributed by atoms with Crippen LogP contribution < -0.4 is 10.9 Å². The molecule has 140 valence electrons. The van der Waals surface area contributed by atoms with E-state index in [1.807, 2.05) is 0 Å². The van der Waals surface area contributed by atoms with Crippen LogP contribution in [0.15, 0.2) is 21.3 Å². The maximum absolute atomic E-state index is 12.3. The molecule has 2 N–H and O–H groups in total. The first-order chi connectivity index (χ1) is 12.4. The highest BCUT2D eigenvalue weighted by atomic mass is 35.5. The van der Waals surface area contributed by atoms with Crippen molar-refractivity contribution in [2.45, 2.75) is 39.2 Å². The van der Waals surface area contributed by atoms with Gasteiger partial charge in [0.25, 0.3) is 0 Å². The highest BCUT2D eigenvalue weighted by molar-refractivity contribution is 6.32. The van der Waals surface area contributed by atoms with Gasteiger partial charge < -0.3 is 14.8 Å². The molecule has 1 atom stereocenters. The predicted octanol–water partition coefficient (Wildman–Crippen LogP) is 2.60. The van der Waals surface area contributed by atoms with Crippen LogP contribution in [0.2, 0.25) is 5.02 Å². The number of likely N-dealkylation sites (tertiary alicyclic amines) is 1. The second kappa shape index (κ2) is 7.68. The van der Waals surface area contributed by atoms with Crippen molar-refractivity contribution in [3.05, 3.63) is 38.7 Å². The molecule has 0 saturated carbocycles. The van der Waals surface area contributed by atoms with Crippen molar-refractivity contribution in [2.24, 2.45) is 0 Å². The number of amides is 1. The van der Waals surface area contributed by atoms with Crippen molar-refractivity contribution < 1.29 is 14.3 Å². The average Bonchev–Trinajstić information content (AvgIpc) is 3.06. The number of rotatable bonds is 5. The average molecular weight is 379 g/mol. The summed E-state index contributed by atoms with van der Waals surface area (Å²) in [6, 6.07) is 3.22. The minimum Gasteiger partial charge on any atom is -0.506 e. The number of fused-ring (bicyclic) bond motifs is 1. The number of phenols is 1. The van der Waals surface area contributed by atoms with Gasteiger partial charge in [-0.3, -0.25) is 9.69 Å². The molecule has 1 fully saturated rings. The summed E-state index contributed by atoms with van der Waals surface area (Å²) in [5.74, 6) is -0.350. The molecule has 0 radical (unpaired) electrons. The fourth-order valence-electron chi connectivity index (χ4n) is 3.60. The Morgan fingerprint density at radius 2 is 2.23 bits per heavy atom. The van der Waals surface area contributed by atoms with Crippen LogP contribution in [0, 0.1) is 6.92 Å². The van der Waals surface area contributed by atoms with Crippen LogP contribution in [-0.4, -0.2) is 41.6 Å². The molecule has 26 heavy (non-hydrogen) atoms. The summed E-state index contributed by atoms with van der Waals surface area (Å²) in [5.41, 5.74) is 0.644. The Hall–Kier alpha value is -2.05. The van der Waals surface area contributed by atoms with Gasteiger partial charge in [-0.2, -0.15) is 0 Å². The molecule has 6 nitrogen and oxygen atoms in total. The molecular weight excluding hydrogens is 356 g/mol. The number of nitrogens with one attached hydrogen (secondary N) is 1. The third-order valence-corrected chi connectivity index (χ3v) is 5.43. The van der Waals surface area contributed by atoms with Crippen molar-refractivity contribution in [3.8, 4) is 5.75 Å². The number of halogens is 1. The molecule has 2 aromatic rings. The molecule has 1 amide bonds. The third-order valence-electron chi connectivity index (χ3n) is 5.13. The first-order valence-corrected chi connectivity index (χ1v) is 9.24. The lowest BCUT2D eigenvalue weighted by Crippen LogP contribution is -2.40. The van der Waals surface area contributed by atoms with E-state index in [0.29, 0.717) is 29.1 Å². The Bertz CT molecular complexity index is 893. The van der Waals surface area contributed by atoms with Gasteiger partial charge in [0.1, 0.15) is 11.3 Å². The molecule has 1 aromatic heterocycles. The second-order valence-electron chi connectivity index (χ2n) is 6.70. The Morgan fingerprint density at radius 3 is 2.96 bits per heavy atom. The van der Waals surface area contributed by atoms with E-state index in [9.17, 15) is 14.7 Å². The largest absolute Gasteiger partial charge is 0.506 e. The lowest BCUT2D eigenvalue weighted by atomic mass is 10.0. The number of aromatic hydroxyl groups is 1. The summed E-state index contributed by atoms with van der Waals surface area (Å²) >= 11 is 5.95. The SMILES string of the molecule is CCN1CCC[C@@H]1CNC(=O)Cc1c(C)c2cc(Cl)c(O)cc2oc1=O. The monoisotopic (exact) mass is 378 g/mol. The molecule has 1 aliphatic heterocycles. The van der Waals surface area contributed by atoms with Crippen LogP contribution in [0.3, 0.4) is 0 Å². The van der Waals surface area contributed by atoms with Crippen molar-refractivity contribution in [3.63, 3.8) is 0 Å². The summed E-state index contributed by atoms with van der Waals surface area (Å²) in [6.45, 7) is 6.50. The van der Waals surface area contributed by atoms with Gasteiger partial charge in [0.2, 0.25) is 5.91 Å². The summed E-state index contributed by atoms with van der Waals surface area (Å²) in [7, 11) is 0. The summed E-state index contributed by atoms with van der Waals surface area (Å²) in [6.07, 6.45) is 2.18. The Morgan fingerprint density at radius 1 is 1.46 bits per heavy atom. The van der Waals surface area contributed by atoms with Gasteiger partial charge in [-0.15, -0.1) is 0 Å². The molecular formula is C19H23ClN2O4. The van der Waals surface area contributed by atoms with Gasteiger partial charge in [0, 0.05) is 24.0 Å². The smallest absolute Gasteiger partial charge is 0.340 e. The van der Waals surface area contributed by atoms with Crippen LogP contribution in [-0.2, 0) is 11.2 Å². The van der Waals surface area contributed by atoms with Crippen LogP contribution >= 0.6 is 11.6 Å². The maximum Gasteiger partial charge on any atom is 0.340 e. The zero-order chi connectivity index (χ0) is 18.8. The summed E-state index contributed by atoms with van der Waals surface area (Å²) < 4.78 is 5.26. The first-order valence-electron chi connectivity index (χ1n) is 8.86. The lowest BCUT2D eigenvalue weighted by Gasteiger charge is -2.22. The lowest BCUT2D eigenvalue weighted by molar-refractivity contribution is -0.120. The molecule has 1 aliphatic rings. The Balaban J connectivity index is 1.76. The zero-order valence-electron chi connectivity index (χ0n) is 15.0. The predicted molar refractivity (Wildman–Crippen MR) is 101 cm³/mol. The van der Waals surface area contributed by atoms with Crippen LogP contribution in [0.5, 0.6) is 5.75 Å². The fourth-order valence-corrected chi connectivity index (χ4v) is 3.76. The van der Waals surface area contributed by atoms with E-state index in [2.05, 4.69) is 17.1 Å². The third kappa shape index (κ3) is 3.71. The number of carbonyl (C=O) groups excluding carboxylic acids is 1. The Labute approximate surface area is 156 Å². The molecule has 0 unspecified atom stereocenters. The van der Waals surface area contributed by atoms with Gasteiger partial charge in [0.15, 0.2) is 0 Å². The normalized spacial score (nSPS) is 17.7. The molecule has 0 bridgehead atoms. The van der Waals surface area contributed by atoms with Crippen LogP contribution in [0.25, 0.3) is 11.0 Å². The Kier molecular flexibility index (Phi) is 5.53.